The fraction of sp³-hybridized carbons (Fsp3) is 0.367. The van der Waals surface area contributed by atoms with Crippen LogP contribution in [0.15, 0.2) is 55.2 Å². The molecule has 2 aliphatic rings. The number of piperidine rings is 1. The van der Waals surface area contributed by atoms with Crippen LogP contribution in [-0.4, -0.2) is 75.4 Å². The Labute approximate surface area is 238 Å². The highest BCUT2D eigenvalue weighted by molar-refractivity contribution is 6.30. The van der Waals surface area contributed by atoms with Gasteiger partial charge in [0, 0.05) is 67.8 Å². The number of hydrogen-bond donors (Lipinski definition) is 4. The van der Waals surface area contributed by atoms with Gasteiger partial charge in [0.2, 0.25) is 0 Å². The van der Waals surface area contributed by atoms with Crippen molar-refractivity contribution in [1.82, 2.24) is 20.1 Å². The predicted octanol–water partition coefficient (Wildman–Crippen LogP) is 4.54. The highest BCUT2D eigenvalue weighted by atomic mass is 35.5. The highest BCUT2D eigenvalue weighted by Gasteiger charge is 2.28. The molecule has 40 heavy (non-hydrogen) atoms. The SMILES string of the molecule is C=C(NCc1cc(O)cc(Cl)c1)c1cnc(N2CCN(C3CCN(Cc4ccc(O)c(F)c4)CC3)CC2)c(O)c1. The van der Waals surface area contributed by atoms with Gasteiger partial charge in [0.15, 0.2) is 23.1 Å². The fourth-order valence-corrected chi connectivity index (χ4v) is 5.80. The third-order valence-corrected chi connectivity index (χ3v) is 7.97. The summed E-state index contributed by atoms with van der Waals surface area (Å²) in [5, 5.41) is 33.6. The van der Waals surface area contributed by atoms with Gasteiger partial charge < -0.3 is 25.5 Å². The van der Waals surface area contributed by atoms with Crippen molar-refractivity contribution in [1.29, 1.82) is 0 Å². The van der Waals surface area contributed by atoms with E-state index in [1.807, 2.05) is 0 Å². The van der Waals surface area contributed by atoms with Crippen molar-refractivity contribution >= 4 is 23.1 Å². The van der Waals surface area contributed by atoms with Crippen molar-refractivity contribution in [2.45, 2.75) is 32.0 Å². The van der Waals surface area contributed by atoms with Crippen LogP contribution in [0.5, 0.6) is 17.2 Å². The lowest BCUT2D eigenvalue weighted by Crippen LogP contribution is -2.53. The number of piperazine rings is 1. The van der Waals surface area contributed by atoms with Crippen LogP contribution in [0, 0.1) is 5.82 Å². The number of aromatic nitrogens is 1. The Morgan fingerprint density at radius 2 is 1.70 bits per heavy atom. The van der Waals surface area contributed by atoms with Gasteiger partial charge >= 0.3 is 0 Å². The van der Waals surface area contributed by atoms with E-state index in [0.29, 0.717) is 41.2 Å². The molecule has 0 aliphatic carbocycles. The molecule has 212 valence electrons. The van der Waals surface area contributed by atoms with Gasteiger partial charge in [-0.2, -0.15) is 0 Å². The van der Waals surface area contributed by atoms with Crippen LogP contribution in [0.3, 0.4) is 0 Å². The molecule has 0 spiro atoms. The molecule has 0 amide bonds. The van der Waals surface area contributed by atoms with Crippen molar-refractivity contribution in [3.8, 4) is 17.2 Å². The minimum absolute atomic E-state index is 0.104. The molecule has 1 aromatic heterocycles. The molecule has 0 atom stereocenters. The first-order valence-electron chi connectivity index (χ1n) is 13.5. The summed E-state index contributed by atoms with van der Waals surface area (Å²) in [5.41, 5.74) is 2.99. The van der Waals surface area contributed by atoms with E-state index in [1.165, 1.54) is 18.2 Å². The largest absolute Gasteiger partial charge is 0.508 e. The lowest BCUT2D eigenvalue weighted by atomic mass is 10.0. The first-order chi connectivity index (χ1) is 19.2. The number of benzene rings is 2. The van der Waals surface area contributed by atoms with Gasteiger partial charge in [-0.1, -0.05) is 24.2 Å². The van der Waals surface area contributed by atoms with E-state index >= 15 is 0 Å². The second kappa shape index (κ2) is 12.3. The molecule has 2 aromatic carbocycles. The maximum atomic E-state index is 13.7. The maximum Gasteiger partial charge on any atom is 0.171 e. The molecule has 3 aromatic rings. The Balaban J connectivity index is 1.09. The molecule has 5 rings (SSSR count). The number of rotatable bonds is 8. The zero-order chi connectivity index (χ0) is 28.2. The Morgan fingerprint density at radius 3 is 2.38 bits per heavy atom. The minimum atomic E-state index is -0.572. The van der Waals surface area contributed by atoms with E-state index in [4.69, 9.17) is 11.6 Å². The Bertz CT molecular complexity index is 1340. The maximum absolute atomic E-state index is 13.7. The summed E-state index contributed by atoms with van der Waals surface area (Å²) < 4.78 is 13.7. The molecular weight excluding hydrogens is 533 g/mol. The molecular formula is C30H35ClFN5O3. The van der Waals surface area contributed by atoms with Gasteiger partial charge in [-0.25, -0.2) is 9.37 Å². The average Bonchev–Trinajstić information content (AvgIpc) is 2.94. The standard InChI is InChI=1S/C30H35ClFN5O3/c1-20(33-17-22-12-24(31)16-26(38)13-22)23-15-29(40)30(34-18-23)37-10-8-36(9-11-37)25-4-6-35(7-5-25)19-21-2-3-28(39)27(32)14-21/h2-3,12-16,18,25,33,38-40H,1,4-11,17,19H2. The molecule has 8 nitrogen and oxygen atoms in total. The first-order valence-corrected chi connectivity index (χ1v) is 13.9. The van der Waals surface area contributed by atoms with Crippen LogP contribution in [0.2, 0.25) is 5.02 Å². The molecule has 2 fully saturated rings. The lowest BCUT2D eigenvalue weighted by Gasteiger charge is -2.43. The zero-order valence-corrected chi connectivity index (χ0v) is 23.1. The molecule has 3 heterocycles. The molecule has 0 radical (unpaired) electrons. The van der Waals surface area contributed by atoms with Crippen molar-refractivity contribution < 1.29 is 19.7 Å². The molecule has 2 aliphatic heterocycles. The van der Waals surface area contributed by atoms with Crippen LogP contribution in [0.25, 0.3) is 5.70 Å². The van der Waals surface area contributed by atoms with Gasteiger partial charge in [-0.3, -0.25) is 9.80 Å². The van der Waals surface area contributed by atoms with Crippen LogP contribution in [0.4, 0.5) is 10.2 Å². The molecule has 0 unspecified atom stereocenters. The molecule has 0 bridgehead atoms. The second-order valence-corrected chi connectivity index (χ2v) is 11.0. The van der Waals surface area contributed by atoms with Gasteiger partial charge in [0.25, 0.3) is 0 Å². The summed E-state index contributed by atoms with van der Waals surface area (Å²) in [4.78, 5) is 11.5. The van der Waals surface area contributed by atoms with E-state index < -0.39 is 5.82 Å². The first kappa shape index (κ1) is 28.0. The van der Waals surface area contributed by atoms with E-state index in [1.54, 1.807) is 30.5 Å². The predicted molar refractivity (Wildman–Crippen MR) is 155 cm³/mol. The van der Waals surface area contributed by atoms with Crippen molar-refractivity contribution in [3.05, 3.63) is 82.8 Å². The minimum Gasteiger partial charge on any atom is -0.508 e. The van der Waals surface area contributed by atoms with Gasteiger partial charge in [0.1, 0.15) is 5.75 Å². The van der Waals surface area contributed by atoms with Crippen molar-refractivity contribution in [2.24, 2.45) is 0 Å². The van der Waals surface area contributed by atoms with Crippen LogP contribution < -0.4 is 10.2 Å². The summed E-state index contributed by atoms with van der Waals surface area (Å²) in [6.45, 7) is 10.4. The summed E-state index contributed by atoms with van der Waals surface area (Å²) >= 11 is 6.01. The topological polar surface area (TPSA) is 95.3 Å². The summed E-state index contributed by atoms with van der Waals surface area (Å²) in [6, 6.07) is 11.7. The number of phenolic OH excluding ortho intramolecular Hbond substituents is 2. The van der Waals surface area contributed by atoms with Gasteiger partial charge in [-0.05, 0) is 73.5 Å². The monoisotopic (exact) mass is 567 g/mol. The molecule has 4 N–H and O–H groups in total. The van der Waals surface area contributed by atoms with E-state index in [-0.39, 0.29) is 17.2 Å². The van der Waals surface area contributed by atoms with Crippen molar-refractivity contribution in [3.63, 3.8) is 0 Å². The summed E-state index contributed by atoms with van der Waals surface area (Å²) in [6.07, 6.45) is 3.83. The van der Waals surface area contributed by atoms with Gasteiger partial charge in [-0.15, -0.1) is 0 Å². The molecule has 0 saturated carbocycles. The smallest absolute Gasteiger partial charge is 0.171 e. The molecule has 2 saturated heterocycles. The van der Waals surface area contributed by atoms with Crippen molar-refractivity contribution in [2.75, 3.05) is 44.2 Å². The third kappa shape index (κ3) is 6.78. The number of nitrogens with zero attached hydrogens (tertiary/aromatic N) is 4. The quantitative estimate of drug-likeness (QED) is 0.315. The summed E-state index contributed by atoms with van der Waals surface area (Å²) in [5.74, 6) is -0.0819. The van der Waals surface area contributed by atoms with Crippen LogP contribution in [0.1, 0.15) is 29.5 Å². The Morgan fingerprint density at radius 1 is 0.950 bits per heavy atom. The number of phenols is 2. The third-order valence-electron chi connectivity index (χ3n) is 7.75. The van der Waals surface area contributed by atoms with Crippen LogP contribution in [-0.2, 0) is 13.1 Å². The number of halogens is 2. The fourth-order valence-electron chi connectivity index (χ4n) is 5.55. The number of nitrogens with one attached hydrogen (secondary N) is 1. The number of hydrogen-bond acceptors (Lipinski definition) is 8. The number of aromatic hydroxyl groups is 3. The Kier molecular flexibility index (Phi) is 8.63. The molecule has 10 heteroatoms. The average molecular weight is 568 g/mol. The lowest BCUT2D eigenvalue weighted by molar-refractivity contribution is 0.0996. The highest BCUT2D eigenvalue weighted by Crippen LogP contribution is 2.29. The van der Waals surface area contributed by atoms with E-state index in [9.17, 15) is 19.7 Å². The number of pyridine rings is 1. The number of anilines is 1. The summed E-state index contributed by atoms with van der Waals surface area (Å²) in [7, 11) is 0. The number of likely N-dealkylation sites (tertiary alicyclic amines) is 1. The van der Waals surface area contributed by atoms with E-state index in [2.05, 4.69) is 31.6 Å². The van der Waals surface area contributed by atoms with E-state index in [0.717, 1.165) is 63.2 Å². The second-order valence-electron chi connectivity index (χ2n) is 10.5. The Hall–Kier alpha value is -3.53. The van der Waals surface area contributed by atoms with Gasteiger partial charge in [0.05, 0.1) is 0 Å². The normalized spacial score (nSPS) is 17.2. The van der Waals surface area contributed by atoms with Crippen LogP contribution >= 0.6 is 11.6 Å². The zero-order valence-electron chi connectivity index (χ0n) is 22.4.